The number of nitrogens with two attached hydrogens (primary N) is 1. The molecule has 1 aromatic heterocycles. The predicted octanol–water partition coefficient (Wildman–Crippen LogP) is -1.47. The van der Waals surface area contributed by atoms with Crippen LogP contribution in [0.25, 0.3) is 0 Å². The highest BCUT2D eigenvalue weighted by molar-refractivity contribution is 7.79. The quantitative estimate of drug-likeness (QED) is 0.566. The molecule has 72 valence electrons. The summed E-state index contributed by atoms with van der Waals surface area (Å²) in [5.41, 5.74) is 5.60. The Kier molecular flexibility index (Phi) is 3.87. The SMILES string of the molecule is NC(C=S)Cc1nnnn1CCO. The summed E-state index contributed by atoms with van der Waals surface area (Å²) >= 11 is 4.68. The Labute approximate surface area is 80.7 Å². The van der Waals surface area contributed by atoms with Crippen molar-refractivity contribution in [2.75, 3.05) is 6.61 Å². The molecule has 1 atom stereocenters. The fourth-order valence-electron chi connectivity index (χ4n) is 0.897. The van der Waals surface area contributed by atoms with Crippen molar-refractivity contribution in [1.82, 2.24) is 20.2 Å². The molecule has 0 aliphatic heterocycles. The van der Waals surface area contributed by atoms with Gasteiger partial charge in [0.2, 0.25) is 0 Å². The highest BCUT2D eigenvalue weighted by Gasteiger charge is 2.08. The Morgan fingerprint density at radius 3 is 3.08 bits per heavy atom. The lowest BCUT2D eigenvalue weighted by Crippen LogP contribution is -2.25. The molecular weight excluding hydrogens is 190 g/mol. The van der Waals surface area contributed by atoms with E-state index in [1.165, 1.54) is 10.0 Å². The zero-order valence-electron chi connectivity index (χ0n) is 7.00. The zero-order chi connectivity index (χ0) is 9.68. The van der Waals surface area contributed by atoms with Crippen LogP contribution in [0.15, 0.2) is 0 Å². The summed E-state index contributed by atoms with van der Waals surface area (Å²) < 4.78 is 1.51. The summed E-state index contributed by atoms with van der Waals surface area (Å²) in [5.74, 6) is 0.641. The van der Waals surface area contributed by atoms with Gasteiger partial charge in [-0.25, -0.2) is 4.68 Å². The molecule has 0 spiro atoms. The maximum atomic E-state index is 8.68. The molecule has 0 aliphatic carbocycles. The Morgan fingerprint density at radius 2 is 2.46 bits per heavy atom. The molecule has 0 saturated carbocycles. The molecule has 0 aliphatic rings. The lowest BCUT2D eigenvalue weighted by molar-refractivity contribution is 0.265. The average molecular weight is 201 g/mol. The van der Waals surface area contributed by atoms with Crippen molar-refractivity contribution < 1.29 is 5.11 Å². The third-order valence-electron chi connectivity index (χ3n) is 1.51. The van der Waals surface area contributed by atoms with E-state index >= 15 is 0 Å². The normalized spacial score (nSPS) is 12.8. The van der Waals surface area contributed by atoms with Gasteiger partial charge in [-0.3, -0.25) is 0 Å². The van der Waals surface area contributed by atoms with E-state index in [0.717, 1.165) is 0 Å². The molecular formula is C6H11N5OS. The minimum atomic E-state index is -0.224. The Morgan fingerprint density at radius 1 is 1.69 bits per heavy atom. The summed E-state index contributed by atoms with van der Waals surface area (Å²) in [7, 11) is 0. The van der Waals surface area contributed by atoms with Gasteiger partial charge in [-0.05, 0) is 15.8 Å². The Bertz CT molecular complexity index is 276. The van der Waals surface area contributed by atoms with Gasteiger partial charge in [0, 0.05) is 12.5 Å². The van der Waals surface area contributed by atoms with Crippen LogP contribution in [0.2, 0.25) is 0 Å². The van der Waals surface area contributed by atoms with Gasteiger partial charge in [-0.2, -0.15) is 0 Å². The van der Waals surface area contributed by atoms with E-state index in [0.29, 0.717) is 18.8 Å². The standard InChI is InChI=1S/C6H11N5OS/c7-5(4-13)3-6-8-9-10-11(6)1-2-12/h4-5,12H,1-3,7H2. The summed E-state index contributed by atoms with van der Waals surface area (Å²) in [6, 6.07) is -0.224. The van der Waals surface area contributed by atoms with Crippen molar-refractivity contribution in [2.45, 2.75) is 19.0 Å². The molecule has 0 saturated heterocycles. The van der Waals surface area contributed by atoms with Gasteiger partial charge in [0.05, 0.1) is 13.2 Å². The predicted molar refractivity (Wildman–Crippen MR) is 50.2 cm³/mol. The maximum absolute atomic E-state index is 8.68. The van der Waals surface area contributed by atoms with Crippen molar-refractivity contribution in [3.05, 3.63) is 5.82 Å². The van der Waals surface area contributed by atoms with Gasteiger partial charge < -0.3 is 10.8 Å². The molecule has 1 rings (SSSR count). The largest absolute Gasteiger partial charge is 0.394 e. The van der Waals surface area contributed by atoms with Crippen LogP contribution < -0.4 is 5.73 Å². The molecule has 0 fully saturated rings. The van der Waals surface area contributed by atoms with E-state index in [-0.39, 0.29) is 12.6 Å². The second-order valence-electron chi connectivity index (χ2n) is 2.55. The molecule has 1 unspecified atom stereocenters. The smallest absolute Gasteiger partial charge is 0.153 e. The van der Waals surface area contributed by atoms with E-state index in [1.54, 1.807) is 0 Å². The van der Waals surface area contributed by atoms with Gasteiger partial charge in [0.15, 0.2) is 5.82 Å². The first-order valence-corrected chi connectivity index (χ1v) is 4.32. The van der Waals surface area contributed by atoms with Crippen molar-refractivity contribution >= 4 is 17.6 Å². The first-order valence-electron chi connectivity index (χ1n) is 3.84. The molecule has 13 heavy (non-hydrogen) atoms. The molecule has 0 aromatic carbocycles. The van der Waals surface area contributed by atoms with E-state index in [1.807, 2.05) is 0 Å². The first-order chi connectivity index (χ1) is 6.27. The third-order valence-corrected chi connectivity index (χ3v) is 1.86. The number of thiocarbonyl (C=S) groups is 1. The molecule has 1 aromatic rings. The van der Waals surface area contributed by atoms with Gasteiger partial charge in [-0.15, -0.1) is 5.10 Å². The highest BCUT2D eigenvalue weighted by atomic mass is 32.1. The highest BCUT2D eigenvalue weighted by Crippen LogP contribution is 1.95. The molecule has 7 heteroatoms. The van der Waals surface area contributed by atoms with Crippen molar-refractivity contribution in [3.8, 4) is 0 Å². The second kappa shape index (κ2) is 4.95. The molecule has 3 N–H and O–H groups in total. The number of tetrazole rings is 1. The lowest BCUT2D eigenvalue weighted by Gasteiger charge is -2.04. The molecule has 6 nitrogen and oxygen atoms in total. The van der Waals surface area contributed by atoms with Crippen LogP contribution in [0.4, 0.5) is 0 Å². The minimum absolute atomic E-state index is 0.00483. The topological polar surface area (TPSA) is 89.9 Å². The number of aliphatic hydroxyl groups excluding tert-OH is 1. The maximum Gasteiger partial charge on any atom is 0.153 e. The fraction of sp³-hybridized carbons (Fsp3) is 0.667. The van der Waals surface area contributed by atoms with Crippen molar-refractivity contribution in [1.29, 1.82) is 0 Å². The lowest BCUT2D eigenvalue weighted by atomic mass is 10.2. The van der Waals surface area contributed by atoms with E-state index in [2.05, 4.69) is 27.7 Å². The Hall–Kier alpha value is -0.920. The summed E-state index contributed by atoms with van der Waals surface area (Å²) in [6.07, 6.45) is 0.497. The third kappa shape index (κ3) is 2.79. The van der Waals surface area contributed by atoms with E-state index < -0.39 is 0 Å². The van der Waals surface area contributed by atoms with Crippen LogP contribution >= 0.6 is 12.2 Å². The van der Waals surface area contributed by atoms with Gasteiger partial charge in [0.25, 0.3) is 0 Å². The number of aliphatic hydroxyl groups is 1. The number of aromatic nitrogens is 4. The Balaban J connectivity index is 2.64. The van der Waals surface area contributed by atoms with Gasteiger partial charge in [-0.1, -0.05) is 12.2 Å². The zero-order valence-corrected chi connectivity index (χ0v) is 7.81. The number of rotatable bonds is 5. The van der Waals surface area contributed by atoms with Crippen LogP contribution in [0.3, 0.4) is 0 Å². The van der Waals surface area contributed by atoms with Crippen LogP contribution in [0.5, 0.6) is 0 Å². The molecule has 0 bridgehead atoms. The monoisotopic (exact) mass is 201 g/mol. The van der Waals surface area contributed by atoms with E-state index in [9.17, 15) is 0 Å². The van der Waals surface area contributed by atoms with Crippen LogP contribution in [-0.2, 0) is 13.0 Å². The van der Waals surface area contributed by atoms with Crippen molar-refractivity contribution in [2.24, 2.45) is 5.73 Å². The number of nitrogens with zero attached hydrogens (tertiary/aromatic N) is 4. The van der Waals surface area contributed by atoms with Crippen LogP contribution in [0, 0.1) is 0 Å². The van der Waals surface area contributed by atoms with E-state index in [4.69, 9.17) is 10.8 Å². The first kappa shape index (κ1) is 10.2. The number of hydrogen-bond donors (Lipinski definition) is 2. The number of hydrogen-bond acceptors (Lipinski definition) is 6. The van der Waals surface area contributed by atoms with Crippen LogP contribution in [0.1, 0.15) is 5.82 Å². The molecule has 0 radical (unpaired) electrons. The summed E-state index contributed by atoms with van der Waals surface area (Å²) in [4.78, 5) is 0. The van der Waals surface area contributed by atoms with Gasteiger partial charge in [0.1, 0.15) is 0 Å². The van der Waals surface area contributed by atoms with Crippen molar-refractivity contribution in [3.63, 3.8) is 0 Å². The summed E-state index contributed by atoms with van der Waals surface area (Å²) in [5, 5.41) is 21.1. The van der Waals surface area contributed by atoms with Gasteiger partial charge >= 0.3 is 0 Å². The second-order valence-corrected chi connectivity index (χ2v) is 2.82. The molecule has 0 amide bonds. The average Bonchev–Trinajstić information content (AvgIpc) is 2.54. The van der Waals surface area contributed by atoms with Crippen LogP contribution in [-0.4, -0.2) is 43.3 Å². The molecule has 1 heterocycles. The minimum Gasteiger partial charge on any atom is -0.394 e. The fourth-order valence-corrected chi connectivity index (χ4v) is 0.993. The summed E-state index contributed by atoms with van der Waals surface area (Å²) in [6.45, 7) is 0.386.